The molecule has 0 aromatic carbocycles. The van der Waals surface area contributed by atoms with E-state index >= 15 is 0 Å². The summed E-state index contributed by atoms with van der Waals surface area (Å²) in [5.74, 6) is -4.30. The van der Waals surface area contributed by atoms with E-state index in [0.29, 0.717) is 26.1 Å². The fourth-order valence-corrected chi connectivity index (χ4v) is 1.96. The number of rotatable bonds is 6. The number of carbonyl (C=O) groups is 4. The Hall–Kier alpha value is -2.12. The Morgan fingerprint density at radius 2 is 1.09 bits per heavy atom. The smallest absolute Gasteiger partial charge is 0.309 e. The third-order valence-electron chi connectivity index (χ3n) is 3.39. The zero-order valence-electron chi connectivity index (χ0n) is 12.5. The average Bonchev–Trinajstić information content (AvgIpc) is 3.31. The maximum atomic E-state index is 10.8. The number of aliphatic carboxylic acids is 2. The molecule has 22 heavy (non-hydrogen) atoms. The lowest BCUT2D eigenvalue weighted by atomic mass is 10.3. The third-order valence-corrected chi connectivity index (χ3v) is 3.39. The first-order chi connectivity index (χ1) is 10.3. The van der Waals surface area contributed by atoms with Crippen LogP contribution in [0.3, 0.4) is 0 Å². The lowest BCUT2D eigenvalue weighted by Gasteiger charge is -1.97. The second-order valence-corrected chi connectivity index (χ2v) is 5.08. The fraction of sp³-hybridized carbons (Fsp3) is 0.714. The largest absolute Gasteiger partial charge is 0.481 e. The highest BCUT2D eigenvalue weighted by Gasteiger charge is 2.50. The second-order valence-electron chi connectivity index (χ2n) is 5.08. The van der Waals surface area contributed by atoms with Crippen molar-refractivity contribution in [2.24, 2.45) is 23.7 Å². The van der Waals surface area contributed by atoms with E-state index < -0.39 is 23.8 Å². The molecule has 2 N–H and O–H groups in total. The van der Waals surface area contributed by atoms with Crippen LogP contribution in [0.25, 0.3) is 0 Å². The number of hydrogen-bond acceptors (Lipinski definition) is 6. The first kappa shape index (κ1) is 17.9. The van der Waals surface area contributed by atoms with Crippen molar-refractivity contribution in [3.63, 3.8) is 0 Å². The molecule has 0 aromatic rings. The minimum absolute atomic E-state index is 0.321. The van der Waals surface area contributed by atoms with Gasteiger partial charge in [-0.05, 0) is 26.7 Å². The van der Waals surface area contributed by atoms with Crippen molar-refractivity contribution < 1.29 is 38.9 Å². The molecule has 0 radical (unpaired) electrons. The molecule has 0 unspecified atom stereocenters. The molecule has 0 heterocycles. The van der Waals surface area contributed by atoms with Crippen LogP contribution in [-0.4, -0.2) is 47.3 Å². The van der Waals surface area contributed by atoms with Crippen molar-refractivity contribution in [3.05, 3.63) is 0 Å². The van der Waals surface area contributed by atoms with Gasteiger partial charge in [-0.3, -0.25) is 19.2 Å². The Morgan fingerprint density at radius 3 is 1.27 bits per heavy atom. The number of hydrogen-bond donors (Lipinski definition) is 2. The predicted octanol–water partition coefficient (Wildman–Crippen LogP) is 0.540. The molecular weight excluding hydrogens is 296 g/mol. The molecule has 4 atom stereocenters. The first-order valence-corrected chi connectivity index (χ1v) is 7.12. The lowest BCUT2D eigenvalue weighted by Crippen LogP contribution is -2.10. The van der Waals surface area contributed by atoms with Crippen LogP contribution in [0.2, 0.25) is 0 Å². The van der Waals surface area contributed by atoms with Crippen LogP contribution in [0.15, 0.2) is 0 Å². The molecule has 8 nitrogen and oxygen atoms in total. The van der Waals surface area contributed by atoms with Crippen LogP contribution in [0, 0.1) is 23.7 Å². The standard InChI is InChI=1S/2C7H10O4/c2*1-2-11-7(10)5-3-4(5)6(8)9/h2*4-5H,2-3H2,1H3,(H,8,9)/t2*4-,5+/m10/s1. The Morgan fingerprint density at radius 1 is 0.773 bits per heavy atom. The van der Waals surface area contributed by atoms with Crippen LogP contribution >= 0.6 is 0 Å². The lowest BCUT2D eigenvalue weighted by molar-refractivity contribution is -0.148. The van der Waals surface area contributed by atoms with Gasteiger partial charge in [0.05, 0.1) is 36.9 Å². The summed E-state index contributed by atoms with van der Waals surface area (Å²) in [5.41, 5.74) is 0. The summed E-state index contributed by atoms with van der Waals surface area (Å²) in [6, 6.07) is 0. The molecule has 0 aliphatic heterocycles. The van der Waals surface area contributed by atoms with E-state index in [9.17, 15) is 19.2 Å². The van der Waals surface area contributed by atoms with Gasteiger partial charge < -0.3 is 19.7 Å². The van der Waals surface area contributed by atoms with Crippen molar-refractivity contribution >= 4 is 23.9 Å². The zero-order chi connectivity index (χ0) is 16.9. The highest BCUT2D eigenvalue weighted by atomic mass is 16.5. The third kappa shape index (κ3) is 5.01. The topological polar surface area (TPSA) is 127 Å². The van der Waals surface area contributed by atoms with Crippen molar-refractivity contribution in [1.29, 1.82) is 0 Å². The van der Waals surface area contributed by atoms with Gasteiger partial charge in [0.25, 0.3) is 0 Å². The number of carbonyl (C=O) groups excluding carboxylic acids is 2. The number of esters is 2. The van der Waals surface area contributed by atoms with Crippen LogP contribution < -0.4 is 0 Å². The highest BCUT2D eigenvalue weighted by Crippen LogP contribution is 2.40. The monoisotopic (exact) mass is 316 g/mol. The van der Waals surface area contributed by atoms with Gasteiger partial charge in [-0.1, -0.05) is 0 Å². The molecule has 2 rings (SSSR count). The van der Waals surface area contributed by atoms with Gasteiger partial charge in [-0.25, -0.2) is 0 Å². The number of carboxylic acid groups (broad SMARTS) is 2. The summed E-state index contributed by atoms with van der Waals surface area (Å²) >= 11 is 0. The summed E-state index contributed by atoms with van der Waals surface area (Å²) in [6.45, 7) is 4.05. The second kappa shape index (κ2) is 7.77. The van der Waals surface area contributed by atoms with Crippen molar-refractivity contribution in [2.45, 2.75) is 26.7 Å². The summed E-state index contributed by atoms with van der Waals surface area (Å²) in [4.78, 5) is 42.2. The van der Waals surface area contributed by atoms with Gasteiger partial charge in [0.15, 0.2) is 0 Å². The Labute approximate surface area is 127 Å². The van der Waals surface area contributed by atoms with Crippen molar-refractivity contribution in [2.75, 3.05) is 13.2 Å². The van der Waals surface area contributed by atoms with Gasteiger partial charge >= 0.3 is 23.9 Å². The fourth-order valence-electron chi connectivity index (χ4n) is 1.96. The highest BCUT2D eigenvalue weighted by molar-refractivity contribution is 5.86. The van der Waals surface area contributed by atoms with E-state index in [-0.39, 0.29) is 23.8 Å². The van der Waals surface area contributed by atoms with Gasteiger partial charge in [0, 0.05) is 0 Å². The van der Waals surface area contributed by atoms with Crippen LogP contribution in [0.4, 0.5) is 0 Å². The quantitative estimate of drug-likeness (QED) is 0.680. The van der Waals surface area contributed by atoms with E-state index in [1.165, 1.54) is 0 Å². The summed E-state index contributed by atoms with van der Waals surface area (Å²) in [7, 11) is 0. The molecule has 0 aromatic heterocycles. The molecule has 2 saturated carbocycles. The van der Waals surface area contributed by atoms with E-state index in [2.05, 4.69) is 9.47 Å². The van der Waals surface area contributed by atoms with Gasteiger partial charge in [0.1, 0.15) is 0 Å². The van der Waals surface area contributed by atoms with Crippen LogP contribution in [0.1, 0.15) is 26.7 Å². The molecule has 2 aliphatic rings. The van der Waals surface area contributed by atoms with Crippen LogP contribution in [-0.2, 0) is 28.7 Å². The predicted molar refractivity (Wildman–Crippen MR) is 71.7 cm³/mol. The van der Waals surface area contributed by atoms with Gasteiger partial charge in [0.2, 0.25) is 0 Å². The summed E-state index contributed by atoms with van der Waals surface area (Å²) < 4.78 is 9.29. The molecule has 124 valence electrons. The van der Waals surface area contributed by atoms with E-state index in [1.807, 2.05) is 0 Å². The molecule has 0 spiro atoms. The maximum absolute atomic E-state index is 10.8. The van der Waals surface area contributed by atoms with Gasteiger partial charge in [-0.15, -0.1) is 0 Å². The normalized spacial score (nSPS) is 27.7. The molecule has 0 bridgehead atoms. The summed E-state index contributed by atoms with van der Waals surface area (Å²) in [6.07, 6.45) is 0.877. The van der Waals surface area contributed by atoms with Crippen LogP contribution in [0.5, 0.6) is 0 Å². The SMILES string of the molecule is CCOC(=O)[C@@H]1C[C@@H]1C(=O)O.CCOC(=O)[C@H]1C[C@H]1C(=O)O. The summed E-state index contributed by atoms with van der Waals surface area (Å²) in [5, 5.41) is 16.9. The van der Waals surface area contributed by atoms with Crippen molar-refractivity contribution in [1.82, 2.24) is 0 Å². The van der Waals surface area contributed by atoms with Crippen molar-refractivity contribution in [3.8, 4) is 0 Å². The molecule has 2 fully saturated rings. The Balaban J connectivity index is 0.000000220. The number of ether oxygens (including phenoxy) is 2. The van der Waals surface area contributed by atoms with E-state index in [0.717, 1.165) is 0 Å². The van der Waals surface area contributed by atoms with E-state index in [4.69, 9.17) is 10.2 Å². The van der Waals surface area contributed by atoms with E-state index in [1.54, 1.807) is 13.8 Å². The number of carboxylic acids is 2. The minimum Gasteiger partial charge on any atom is -0.481 e. The maximum Gasteiger partial charge on any atom is 0.309 e. The first-order valence-electron chi connectivity index (χ1n) is 7.12. The Kier molecular flexibility index (Phi) is 6.33. The molecule has 0 amide bonds. The minimum atomic E-state index is -0.900. The molecular formula is C14H20O8. The zero-order valence-corrected chi connectivity index (χ0v) is 12.5. The molecule has 8 heteroatoms. The Bertz CT molecular complexity index is 416. The van der Waals surface area contributed by atoms with Gasteiger partial charge in [-0.2, -0.15) is 0 Å². The average molecular weight is 316 g/mol. The molecule has 2 aliphatic carbocycles. The molecule has 0 saturated heterocycles.